The van der Waals surface area contributed by atoms with Crippen LogP contribution in [0.2, 0.25) is 0 Å². The molecule has 0 heterocycles. The maximum atomic E-state index is 12.3. The third-order valence-electron chi connectivity index (χ3n) is 8.65. The van der Waals surface area contributed by atoms with Crippen LogP contribution in [0, 0.1) is 0 Å². The zero-order chi connectivity index (χ0) is 36.4. The molecule has 0 fully saturated rings. The maximum absolute atomic E-state index is 12.3. The number of carboxylic acids is 1. The quantitative estimate of drug-likeness (QED) is 0.0276. The van der Waals surface area contributed by atoms with Crippen LogP contribution in [-0.2, 0) is 32.7 Å². The van der Waals surface area contributed by atoms with Gasteiger partial charge < -0.3 is 25.2 Å². The molecule has 49 heavy (non-hydrogen) atoms. The summed E-state index contributed by atoms with van der Waals surface area (Å²) >= 11 is 0. The Balaban J connectivity index is 3.93. The van der Waals surface area contributed by atoms with Gasteiger partial charge in [0.15, 0.2) is 6.04 Å². The van der Waals surface area contributed by atoms with Crippen LogP contribution in [0.5, 0.6) is 0 Å². The van der Waals surface area contributed by atoms with Crippen LogP contribution < -0.4 is 5.32 Å². The van der Waals surface area contributed by atoms with E-state index in [-0.39, 0.29) is 12.8 Å². The molecule has 0 saturated carbocycles. The van der Waals surface area contributed by atoms with Crippen molar-refractivity contribution in [2.24, 2.45) is 0 Å². The fourth-order valence-corrected chi connectivity index (χ4v) is 6.32. The van der Waals surface area contributed by atoms with Gasteiger partial charge in [0.1, 0.15) is 12.7 Å². The average Bonchev–Trinajstić information content (AvgIpc) is 3.07. The lowest BCUT2D eigenvalue weighted by Crippen LogP contribution is -2.43. The van der Waals surface area contributed by atoms with Crippen molar-refractivity contribution in [3.63, 3.8) is 0 Å². The van der Waals surface area contributed by atoms with Gasteiger partial charge in [-0.1, -0.05) is 162 Å². The van der Waals surface area contributed by atoms with Crippen molar-refractivity contribution < 1.29 is 47.8 Å². The number of carbonyl (C=O) groups is 3. The Kier molecular flexibility index (Phi) is 32.6. The van der Waals surface area contributed by atoms with E-state index < -0.39 is 57.6 Å². The molecule has 4 N–H and O–H groups in total. The lowest BCUT2D eigenvalue weighted by Gasteiger charge is -2.18. The first-order chi connectivity index (χ1) is 23.6. The zero-order valence-corrected chi connectivity index (χ0v) is 31.9. The second kappa shape index (κ2) is 33.6. The SMILES string of the molecule is CCCCCCCCCCCCCCCCCCC(=O)NC(COP(=O)(O)OCC(O)COC(=O)CCCCCCCCCCC)C(=O)O. The monoisotopic (exact) mass is 721 g/mol. The van der Waals surface area contributed by atoms with Gasteiger partial charge in [-0.15, -0.1) is 0 Å². The van der Waals surface area contributed by atoms with Gasteiger partial charge >= 0.3 is 19.8 Å². The van der Waals surface area contributed by atoms with Gasteiger partial charge in [-0.2, -0.15) is 0 Å². The van der Waals surface area contributed by atoms with Gasteiger partial charge in [0.2, 0.25) is 5.91 Å². The number of esters is 1. The third-order valence-corrected chi connectivity index (χ3v) is 9.60. The summed E-state index contributed by atoms with van der Waals surface area (Å²) in [6, 6.07) is -1.54. The predicted molar refractivity (Wildman–Crippen MR) is 194 cm³/mol. The van der Waals surface area contributed by atoms with Crippen LogP contribution in [0.15, 0.2) is 0 Å². The van der Waals surface area contributed by atoms with Gasteiger partial charge in [0.25, 0.3) is 0 Å². The molecule has 11 nitrogen and oxygen atoms in total. The topological polar surface area (TPSA) is 169 Å². The number of aliphatic hydroxyl groups is 1. The number of unbranched alkanes of at least 4 members (excludes halogenated alkanes) is 23. The number of carboxylic acid groups (broad SMARTS) is 1. The summed E-state index contributed by atoms with van der Waals surface area (Å²) in [5.74, 6) is -2.36. The maximum Gasteiger partial charge on any atom is 0.472 e. The van der Waals surface area contributed by atoms with Crippen LogP contribution in [0.1, 0.15) is 187 Å². The van der Waals surface area contributed by atoms with E-state index in [2.05, 4.69) is 19.2 Å². The van der Waals surface area contributed by atoms with Crippen LogP contribution in [0.4, 0.5) is 0 Å². The Morgan fingerprint density at radius 2 is 0.939 bits per heavy atom. The van der Waals surface area contributed by atoms with Gasteiger partial charge in [-0.3, -0.25) is 18.6 Å². The fraction of sp³-hybridized carbons (Fsp3) is 0.919. The van der Waals surface area contributed by atoms with Crippen LogP contribution in [-0.4, -0.2) is 64.9 Å². The van der Waals surface area contributed by atoms with E-state index >= 15 is 0 Å². The third kappa shape index (κ3) is 33.4. The summed E-state index contributed by atoms with van der Waals surface area (Å²) in [7, 11) is -4.74. The molecule has 0 saturated heterocycles. The molecule has 290 valence electrons. The number of hydrogen-bond donors (Lipinski definition) is 4. The molecule has 0 aliphatic rings. The number of rotatable bonds is 37. The van der Waals surface area contributed by atoms with Crippen LogP contribution in [0.25, 0.3) is 0 Å². The van der Waals surface area contributed by atoms with Crippen molar-refractivity contribution in [1.29, 1.82) is 0 Å². The molecular weight excluding hydrogens is 649 g/mol. The molecule has 12 heteroatoms. The summed E-state index contributed by atoms with van der Waals surface area (Å²) in [6.45, 7) is 2.56. The number of phosphoric acid groups is 1. The standard InChI is InChI=1S/C37H72NO10P/c1-3-5-7-9-11-13-14-15-16-17-18-19-21-22-24-26-28-35(40)38-34(37(42)43)32-48-49(44,45)47-31-33(39)30-46-36(41)29-27-25-23-20-12-10-8-6-4-2/h33-34,39H,3-32H2,1-2H3,(H,38,40)(H,42,43)(H,44,45). The molecule has 0 rings (SSSR count). The van der Waals surface area contributed by atoms with Crippen molar-refractivity contribution in [3.8, 4) is 0 Å². The minimum Gasteiger partial charge on any atom is -0.480 e. The first-order valence-electron chi connectivity index (χ1n) is 19.6. The van der Waals surface area contributed by atoms with E-state index in [9.17, 15) is 34.1 Å². The van der Waals surface area contributed by atoms with Crippen molar-refractivity contribution in [1.82, 2.24) is 5.32 Å². The minimum atomic E-state index is -4.74. The number of nitrogens with one attached hydrogen (secondary N) is 1. The van der Waals surface area contributed by atoms with Gasteiger partial charge in [0, 0.05) is 12.8 Å². The lowest BCUT2D eigenvalue weighted by molar-refractivity contribution is -0.147. The molecular formula is C37H72NO10P. The van der Waals surface area contributed by atoms with Crippen LogP contribution in [0.3, 0.4) is 0 Å². The van der Waals surface area contributed by atoms with Gasteiger partial charge in [-0.25, -0.2) is 9.36 Å². The summed E-state index contributed by atoms with van der Waals surface area (Å²) in [5, 5.41) is 21.7. The van der Waals surface area contributed by atoms with E-state index in [0.717, 1.165) is 38.5 Å². The van der Waals surface area contributed by atoms with Crippen molar-refractivity contribution >= 4 is 25.7 Å². The molecule has 0 radical (unpaired) electrons. The molecule has 0 aromatic carbocycles. The second-order valence-corrected chi connectivity index (χ2v) is 14.9. The van der Waals surface area contributed by atoms with Crippen molar-refractivity contribution in [3.05, 3.63) is 0 Å². The second-order valence-electron chi connectivity index (χ2n) is 13.5. The molecule has 0 bridgehead atoms. The van der Waals surface area contributed by atoms with Gasteiger partial charge in [-0.05, 0) is 12.8 Å². The molecule has 0 aliphatic carbocycles. The highest BCUT2D eigenvalue weighted by Gasteiger charge is 2.28. The smallest absolute Gasteiger partial charge is 0.472 e. The molecule has 3 unspecified atom stereocenters. The van der Waals surface area contributed by atoms with Crippen molar-refractivity contribution in [2.75, 3.05) is 19.8 Å². The van der Waals surface area contributed by atoms with Crippen LogP contribution >= 0.6 is 7.82 Å². The number of amides is 1. The van der Waals surface area contributed by atoms with E-state index in [0.29, 0.717) is 12.8 Å². The number of hydrogen-bond acceptors (Lipinski definition) is 8. The molecule has 0 aromatic rings. The number of aliphatic hydroxyl groups excluding tert-OH is 1. The predicted octanol–water partition coefficient (Wildman–Crippen LogP) is 9.17. The number of phosphoric ester groups is 1. The minimum absolute atomic E-state index is 0.152. The highest BCUT2D eigenvalue weighted by atomic mass is 31.2. The first-order valence-corrected chi connectivity index (χ1v) is 21.1. The summed E-state index contributed by atoms with van der Waals surface area (Å²) in [4.78, 5) is 45.6. The largest absolute Gasteiger partial charge is 0.480 e. The van der Waals surface area contributed by atoms with E-state index in [1.54, 1.807) is 0 Å². The summed E-state index contributed by atoms with van der Waals surface area (Å²) in [6.07, 6.45) is 28.5. The Morgan fingerprint density at radius 1 is 0.571 bits per heavy atom. The molecule has 0 spiro atoms. The molecule has 0 aliphatic heterocycles. The molecule has 1 amide bonds. The normalized spacial score (nSPS) is 13.9. The van der Waals surface area contributed by atoms with E-state index in [1.165, 1.54) is 109 Å². The fourth-order valence-electron chi connectivity index (χ4n) is 5.55. The Labute approximate surface area is 297 Å². The highest BCUT2D eigenvalue weighted by molar-refractivity contribution is 7.47. The van der Waals surface area contributed by atoms with Crippen molar-refractivity contribution in [2.45, 2.75) is 199 Å². The number of ether oxygens (including phenoxy) is 1. The van der Waals surface area contributed by atoms with E-state index in [4.69, 9.17) is 13.8 Å². The summed E-state index contributed by atoms with van der Waals surface area (Å²) in [5.41, 5.74) is 0. The first kappa shape index (κ1) is 47.5. The highest BCUT2D eigenvalue weighted by Crippen LogP contribution is 2.43. The Hall–Kier alpha value is -1.52. The average molecular weight is 722 g/mol. The summed E-state index contributed by atoms with van der Waals surface area (Å²) < 4.78 is 26.7. The molecule has 3 atom stereocenters. The number of aliphatic carboxylic acids is 1. The Morgan fingerprint density at radius 3 is 1.35 bits per heavy atom. The Bertz CT molecular complexity index is 859. The molecule has 0 aromatic heterocycles. The van der Waals surface area contributed by atoms with Gasteiger partial charge in [0.05, 0.1) is 13.2 Å². The zero-order valence-electron chi connectivity index (χ0n) is 31.0. The lowest BCUT2D eigenvalue weighted by atomic mass is 10.0. The van der Waals surface area contributed by atoms with E-state index in [1.807, 2.05) is 0 Å². The number of carbonyl (C=O) groups excluding carboxylic acids is 2.